The molecule has 1 rings (SSSR count). The molecule has 0 aromatic heterocycles. The van der Waals surface area contributed by atoms with Crippen molar-refractivity contribution in [1.29, 1.82) is 0 Å². The average Bonchev–Trinajstić information content (AvgIpc) is 2.01. The van der Waals surface area contributed by atoms with E-state index in [1.807, 2.05) is 25.7 Å². The van der Waals surface area contributed by atoms with E-state index in [2.05, 4.69) is 0 Å². The summed E-state index contributed by atoms with van der Waals surface area (Å²) in [5, 5.41) is 0. The average molecular weight is 207 g/mol. The van der Waals surface area contributed by atoms with Crippen molar-refractivity contribution in [3.63, 3.8) is 0 Å². The topological polar surface area (TPSA) is 12.5 Å². The molecule has 0 saturated carbocycles. The summed E-state index contributed by atoms with van der Waals surface area (Å²) in [4.78, 5) is 2.04. The minimum atomic E-state index is -2.75. The molecule has 0 N–H and O–H groups in total. The Morgan fingerprint density at radius 1 is 1.36 bits per heavy atom. The lowest BCUT2D eigenvalue weighted by atomic mass is 10.1. The highest BCUT2D eigenvalue weighted by atomic mass is 19.3. The van der Waals surface area contributed by atoms with E-state index >= 15 is 0 Å². The van der Waals surface area contributed by atoms with Crippen LogP contribution in [0.15, 0.2) is 0 Å². The van der Waals surface area contributed by atoms with Gasteiger partial charge in [0.25, 0.3) is 5.92 Å². The molecule has 0 radical (unpaired) electrons. The molecule has 0 aliphatic carbocycles. The van der Waals surface area contributed by atoms with Crippen molar-refractivity contribution in [3.8, 4) is 0 Å². The van der Waals surface area contributed by atoms with Crippen molar-refractivity contribution < 1.29 is 13.5 Å². The van der Waals surface area contributed by atoms with E-state index in [0.29, 0.717) is 12.6 Å². The zero-order valence-electron chi connectivity index (χ0n) is 9.26. The third kappa shape index (κ3) is 2.89. The summed E-state index contributed by atoms with van der Waals surface area (Å²) in [7, 11) is 0. The first-order chi connectivity index (χ1) is 6.30. The maximum atomic E-state index is 13.1. The lowest BCUT2D eigenvalue weighted by molar-refractivity contribution is -0.184. The largest absolute Gasteiger partial charge is 0.366 e. The first kappa shape index (κ1) is 11.9. The summed E-state index contributed by atoms with van der Waals surface area (Å²) >= 11 is 0. The van der Waals surface area contributed by atoms with Gasteiger partial charge in [-0.3, -0.25) is 4.90 Å². The Morgan fingerprint density at radius 3 is 2.36 bits per heavy atom. The highest BCUT2D eigenvalue weighted by Crippen LogP contribution is 2.26. The Balaban J connectivity index is 2.63. The molecule has 84 valence electrons. The molecule has 1 aliphatic heterocycles. The molecule has 1 aliphatic rings. The molecule has 1 heterocycles. The second kappa shape index (κ2) is 4.11. The molecule has 1 fully saturated rings. The number of ether oxygens (including phenoxy) is 1. The maximum absolute atomic E-state index is 13.1. The van der Waals surface area contributed by atoms with E-state index in [9.17, 15) is 8.78 Å². The summed E-state index contributed by atoms with van der Waals surface area (Å²) < 4.78 is 31.4. The Labute approximate surface area is 84.2 Å². The molecule has 1 saturated heterocycles. The zero-order valence-corrected chi connectivity index (χ0v) is 9.26. The van der Waals surface area contributed by atoms with Crippen molar-refractivity contribution >= 4 is 0 Å². The van der Waals surface area contributed by atoms with Gasteiger partial charge in [0.05, 0.1) is 6.10 Å². The molecule has 2 unspecified atom stereocenters. The van der Waals surface area contributed by atoms with E-state index in [-0.39, 0.29) is 6.10 Å². The Bertz CT molecular complexity index is 191. The smallest absolute Gasteiger partial charge is 0.272 e. The number of alkyl halides is 2. The molecule has 0 aromatic rings. The van der Waals surface area contributed by atoms with Gasteiger partial charge in [0.1, 0.15) is 6.10 Å². The van der Waals surface area contributed by atoms with Crippen LogP contribution in [0.2, 0.25) is 0 Å². The lowest BCUT2D eigenvalue weighted by Crippen LogP contribution is -2.54. The van der Waals surface area contributed by atoms with Crippen LogP contribution in [0.5, 0.6) is 0 Å². The Kier molecular flexibility index (Phi) is 3.48. The van der Waals surface area contributed by atoms with Crippen LogP contribution in [0.4, 0.5) is 8.78 Å². The van der Waals surface area contributed by atoms with Crippen molar-refractivity contribution in [2.24, 2.45) is 0 Å². The molecule has 2 nitrogen and oxygen atoms in total. The van der Waals surface area contributed by atoms with Crippen LogP contribution in [0.25, 0.3) is 0 Å². The summed E-state index contributed by atoms with van der Waals surface area (Å²) in [6.45, 7) is 7.86. The first-order valence-corrected chi connectivity index (χ1v) is 5.08. The normalized spacial score (nSPS) is 31.1. The quantitative estimate of drug-likeness (QED) is 0.688. The molecular formula is C10H19F2NO. The number of rotatable bonds is 2. The molecule has 0 amide bonds. The predicted molar refractivity (Wildman–Crippen MR) is 51.7 cm³/mol. The van der Waals surface area contributed by atoms with Crippen LogP contribution >= 0.6 is 0 Å². The maximum Gasteiger partial charge on any atom is 0.272 e. The van der Waals surface area contributed by atoms with Gasteiger partial charge < -0.3 is 4.74 Å². The number of hydrogen-bond donors (Lipinski definition) is 0. The minimum Gasteiger partial charge on any atom is -0.366 e. The van der Waals surface area contributed by atoms with Gasteiger partial charge in [-0.05, 0) is 20.8 Å². The van der Waals surface area contributed by atoms with Gasteiger partial charge in [-0.25, -0.2) is 8.78 Å². The summed E-state index contributed by atoms with van der Waals surface area (Å²) in [6, 6.07) is 0.297. The summed E-state index contributed by atoms with van der Waals surface area (Å²) in [5.74, 6) is -2.75. The number of morpholine rings is 1. The Morgan fingerprint density at radius 2 is 1.93 bits per heavy atom. The SMILES string of the molecule is CC1CN(C(C)C)CC(C(C)(F)F)O1. The standard InChI is InChI=1S/C10H19F2NO/c1-7(2)13-5-8(3)14-9(6-13)10(4,11)12/h7-9H,5-6H2,1-4H3. The molecular weight excluding hydrogens is 188 g/mol. The molecule has 0 bridgehead atoms. The number of hydrogen-bond acceptors (Lipinski definition) is 2. The fraction of sp³-hybridized carbons (Fsp3) is 1.00. The van der Waals surface area contributed by atoms with Gasteiger partial charge in [-0.15, -0.1) is 0 Å². The highest BCUT2D eigenvalue weighted by Gasteiger charge is 2.40. The second-order valence-corrected chi connectivity index (χ2v) is 4.44. The van der Waals surface area contributed by atoms with Crippen LogP contribution in [0.3, 0.4) is 0 Å². The Hall–Kier alpha value is -0.220. The number of halogens is 2. The van der Waals surface area contributed by atoms with E-state index in [4.69, 9.17) is 4.74 Å². The highest BCUT2D eigenvalue weighted by molar-refractivity contribution is 4.84. The summed E-state index contributed by atoms with van der Waals surface area (Å²) in [5.41, 5.74) is 0. The molecule has 14 heavy (non-hydrogen) atoms. The van der Waals surface area contributed by atoms with Gasteiger partial charge in [0, 0.05) is 26.1 Å². The fourth-order valence-electron chi connectivity index (χ4n) is 1.69. The summed E-state index contributed by atoms with van der Waals surface area (Å²) in [6.07, 6.45) is -1.07. The minimum absolute atomic E-state index is 0.109. The van der Waals surface area contributed by atoms with Crippen molar-refractivity contribution in [3.05, 3.63) is 0 Å². The zero-order chi connectivity index (χ0) is 10.9. The number of nitrogens with zero attached hydrogens (tertiary/aromatic N) is 1. The van der Waals surface area contributed by atoms with Crippen molar-refractivity contribution in [2.75, 3.05) is 13.1 Å². The van der Waals surface area contributed by atoms with E-state index < -0.39 is 12.0 Å². The van der Waals surface area contributed by atoms with Crippen LogP contribution < -0.4 is 0 Å². The van der Waals surface area contributed by atoms with E-state index in [1.165, 1.54) is 0 Å². The molecule has 0 aromatic carbocycles. The van der Waals surface area contributed by atoms with Crippen LogP contribution in [-0.4, -0.2) is 42.2 Å². The van der Waals surface area contributed by atoms with Crippen LogP contribution in [-0.2, 0) is 4.74 Å². The van der Waals surface area contributed by atoms with Crippen LogP contribution in [0, 0.1) is 0 Å². The van der Waals surface area contributed by atoms with Gasteiger partial charge in [0.15, 0.2) is 0 Å². The third-order valence-corrected chi connectivity index (χ3v) is 2.58. The van der Waals surface area contributed by atoms with Crippen molar-refractivity contribution in [2.45, 2.75) is 51.9 Å². The van der Waals surface area contributed by atoms with Crippen molar-refractivity contribution in [1.82, 2.24) is 4.90 Å². The van der Waals surface area contributed by atoms with Gasteiger partial charge in [0.2, 0.25) is 0 Å². The van der Waals surface area contributed by atoms with Gasteiger partial charge in [-0.1, -0.05) is 0 Å². The monoisotopic (exact) mass is 207 g/mol. The van der Waals surface area contributed by atoms with E-state index in [1.54, 1.807) is 0 Å². The first-order valence-electron chi connectivity index (χ1n) is 5.08. The van der Waals surface area contributed by atoms with Gasteiger partial charge >= 0.3 is 0 Å². The molecule has 2 atom stereocenters. The van der Waals surface area contributed by atoms with Crippen LogP contribution in [0.1, 0.15) is 27.7 Å². The predicted octanol–water partition coefficient (Wildman–Crippen LogP) is 2.14. The molecule has 4 heteroatoms. The molecule has 0 spiro atoms. The third-order valence-electron chi connectivity index (χ3n) is 2.58. The fourth-order valence-corrected chi connectivity index (χ4v) is 1.69. The van der Waals surface area contributed by atoms with E-state index in [0.717, 1.165) is 13.5 Å². The lowest BCUT2D eigenvalue weighted by Gasteiger charge is -2.40. The second-order valence-electron chi connectivity index (χ2n) is 4.44. The van der Waals surface area contributed by atoms with Gasteiger partial charge in [-0.2, -0.15) is 0 Å².